The van der Waals surface area contributed by atoms with Gasteiger partial charge in [0.15, 0.2) is 0 Å². The van der Waals surface area contributed by atoms with Crippen molar-refractivity contribution in [2.75, 3.05) is 6.61 Å². The Bertz CT molecular complexity index is 2190. The van der Waals surface area contributed by atoms with Crippen molar-refractivity contribution in [1.82, 2.24) is 5.32 Å². The molecule has 0 aromatic rings. The van der Waals surface area contributed by atoms with Crippen LogP contribution in [-0.4, -0.2) is 91.9 Å². The highest BCUT2D eigenvalue weighted by atomic mass is 16.5. The van der Waals surface area contributed by atoms with Crippen LogP contribution in [0.15, 0.2) is 12.2 Å². The van der Waals surface area contributed by atoms with E-state index in [2.05, 4.69) is 154 Å². The predicted molar refractivity (Wildman–Crippen MR) is 232 cm³/mol. The molecule has 1 aliphatic rings. The molecule has 1 aliphatic heterocycles. The third-order valence-electron chi connectivity index (χ3n) is 8.46. The minimum Gasteiger partial charge on any atom is -0.394 e. The fraction of sp³-hybridized carbons (Fsp3) is 0.471. The largest absolute Gasteiger partial charge is 0.394 e. The molecule has 1 fully saturated rings. The van der Waals surface area contributed by atoms with Crippen LogP contribution in [0, 0.1) is 142 Å². The molecule has 0 aromatic heterocycles. The number of nitrogens with one attached hydrogen (secondary N) is 1. The van der Waals surface area contributed by atoms with E-state index in [1.54, 1.807) is 6.92 Å². The van der Waals surface area contributed by atoms with E-state index in [1.165, 1.54) is 63.5 Å². The van der Waals surface area contributed by atoms with Crippen LogP contribution in [0.5, 0.6) is 0 Å². The minimum atomic E-state index is -1.62. The summed E-state index contributed by atoms with van der Waals surface area (Å²) in [6.07, 6.45) is 6.87. The van der Waals surface area contributed by atoms with Crippen molar-refractivity contribution in [1.29, 1.82) is 0 Å². The van der Waals surface area contributed by atoms with Crippen LogP contribution in [0.2, 0.25) is 0 Å². The Morgan fingerprint density at radius 1 is 0.583 bits per heavy atom. The third-order valence-corrected chi connectivity index (χ3v) is 8.46. The summed E-state index contributed by atoms with van der Waals surface area (Å²) in [6, 6.07) is -1.19. The van der Waals surface area contributed by atoms with Crippen LogP contribution in [0.25, 0.3) is 0 Å². The molecule has 1 amide bonds. The van der Waals surface area contributed by atoms with Crippen molar-refractivity contribution in [2.45, 2.75) is 146 Å². The molecule has 8 atom stereocenters. The number of aliphatic hydroxyl groups excluding tert-OH is 6. The molecule has 0 aliphatic carbocycles. The van der Waals surface area contributed by atoms with Crippen molar-refractivity contribution < 1.29 is 40.2 Å². The van der Waals surface area contributed by atoms with Gasteiger partial charge < -0.3 is 40.7 Å². The molecule has 0 aromatic carbocycles. The summed E-state index contributed by atoms with van der Waals surface area (Å²) >= 11 is 0. The lowest BCUT2D eigenvalue weighted by molar-refractivity contribution is -0.216. The van der Waals surface area contributed by atoms with Crippen LogP contribution in [0.1, 0.15) is 97.3 Å². The molecule has 0 radical (unpaired) electrons. The van der Waals surface area contributed by atoms with Crippen LogP contribution in [0.3, 0.4) is 0 Å². The van der Waals surface area contributed by atoms with E-state index in [-0.39, 0.29) is 6.42 Å². The van der Waals surface area contributed by atoms with E-state index < -0.39 is 61.3 Å². The molecule has 3 unspecified atom stereocenters. The standard InChI is InChI=1S/C51H51NO8/c1-3-5-7-9-11-13-15-17-18-19-20-21-22-23-24-25-26-27-29-31-33-35-37-39-47(55)52-43(40-41-45-49(57)51(59)50(58)46(42-53)60-45)48(56)44(54)38-36-34-32-30-28-16-14-12-10-8-6-4-2/h40-41,43-46,48-51,53-54,56-59H,4,6,8,10,12,14,16,28,30,32,34,36,38,42H2,1-2H3,(H,52,55)/t43?,44-,45-,46?,48+,49?,50+,51-/m1/s1. The van der Waals surface area contributed by atoms with Gasteiger partial charge in [0.1, 0.15) is 36.6 Å². The minimum absolute atomic E-state index is 0.280. The van der Waals surface area contributed by atoms with Gasteiger partial charge in [0.25, 0.3) is 5.91 Å². The van der Waals surface area contributed by atoms with Crippen molar-refractivity contribution in [3.8, 4) is 142 Å². The SMILES string of the molecule is CC#CC#CC#CC#CC#CC#CC#CC#CC#CC#CC#CC#CC(=O)NC(C=C[C@H]1OC(CO)[C@H](O)[C@H](O)C1O)[C@H](O)[C@H](O)CCCCCCCCCCCCCC. The molecule has 308 valence electrons. The number of hydrogen-bond donors (Lipinski definition) is 7. The summed E-state index contributed by atoms with van der Waals surface area (Å²) in [6.45, 7) is 3.27. The highest BCUT2D eigenvalue weighted by Crippen LogP contribution is 2.22. The van der Waals surface area contributed by atoms with E-state index in [4.69, 9.17) is 4.74 Å². The zero-order valence-corrected chi connectivity index (χ0v) is 34.2. The Morgan fingerprint density at radius 2 is 0.983 bits per heavy atom. The fourth-order valence-corrected chi connectivity index (χ4v) is 5.33. The fourth-order valence-electron chi connectivity index (χ4n) is 5.33. The lowest BCUT2D eigenvalue weighted by Crippen LogP contribution is -2.58. The Hall–Kier alpha value is -6.35. The van der Waals surface area contributed by atoms with Gasteiger partial charge in [0.05, 0.1) is 18.8 Å². The van der Waals surface area contributed by atoms with E-state index in [0.29, 0.717) is 6.42 Å². The second kappa shape index (κ2) is 35.8. The highest BCUT2D eigenvalue weighted by Gasteiger charge is 2.42. The summed E-state index contributed by atoms with van der Waals surface area (Å²) in [4.78, 5) is 12.7. The number of unbranched alkanes of at least 4 members (excludes halogenated alkanes) is 11. The molecule has 1 saturated heterocycles. The van der Waals surface area contributed by atoms with Crippen LogP contribution in [0.4, 0.5) is 0 Å². The lowest BCUT2D eigenvalue weighted by atomic mass is 9.93. The maximum Gasteiger partial charge on any atom is 0.297 e. The summed E-state index contributed by atoms with van der Waals surface area (Å²) in [7, 11) is 0. The molecule has 0 bridgehead atoms. The number of hydrogen-bond acceptors (Lipinski definition) is 8. The van der Waals surface area contributed by atoms with Gasteiger partial charge in [-0.15, -0.1) is 0 Å². The van der Waals surface area contributed by atoms with Crippen molar-refractivity contribution in [2.24, 2.45) is 0 Å². The van der Waals surface area contributed by atoms with Crippen LogP contribution >= 0.6 is 0 Å². The monoisotopic (exact) mass is 805 g/mol. The smallest absolute Gasteiger partial charge is 0.297 e. The lowest BCUT2D eigenvalue weighted by Gasteiger charge is -2.39. The maximum atomic E-state index is 12.7. The second-order valence-corrected chi connectivity index (χ2v) is 13.0. The van der Waals surface area contributed by atoms with Gasteiger partial charge in [-0.2, -0.15) is 0 Å². The Labute approximate surface area is 357 Å². The Balaban J connectivity index is 2.78. The Kier molecular flexibility index (Phi) is 30.8. The predicted octanol–water partition coefficient (Wildman–Crippen LogP) is 1.74. The summed E-state index contributed by atoms with van der Waals surface area (Å²) in [5.41, 5.74) is 0. The van der Waals surface area contributed by atoms with E-state index in [9.17, 15) is 35.4 Å². The molecule has 60 heavy (non-hydrogen) atoms. The molecule has 9 heteroatoms. The van der Waals surface area contributed by atoms with E-state index >= 15 is 0 Å². The average molecular weight is 806 g/mol. The zero-order valence-electron chi connectivity index (χ0n) is 34.2. The molecule has 0 spiro atoms. The molecule has 9 nitrogen and oxygen atoms in total. The first-order valence-electron chi connectivity index (χ1n) is 19.8. The summed E-state index contributed by atoms with van der Waals surface area (Å²) < 4.78 is 5.50. The molecule has 1 rings (SSSR count). The van der Waals surface area contributed by atoms with E-state index in [0.717, 1.165) is 19.3 Å². The van der Waals surface area contributed by atoms with Crippen molar-refractivity contribution in [3.05, 3.63) is 12.2 Å². The first-order chi connectivity index (χ1) is 29.3. The molecule has 0 saturated carbocycles. The summed E-state index contributed by atoms with van der Waals surface area (Å²) in [5.74, 6) is 58.6. The van der Waals surface area contributed by atoms with E-state index in [1.807, 2.05) is 0 Å². The van der Waals surface area contributed by atoms with Gasteiger partial charge in [0, 0.05) is 41.4 Å². The zero-order chi connectivity index (χ0) is 43.9. The number of rotatable bonds is 19. The average Bonchev–Trinajstić information content (AvgIpc) is 3.25. The molecule has 7 N–H and O–H groups in total. The van der Waals surface area contributed by atoms with Gasteiger partial charge >= 0.3 is 0 Å². The molecular weight excluding hydrogens is 755 g/mol. The number of carbonyl (C=O) groups excluding carboxylic acids is 1. The first kappa shape index (κ1) is 51.7. The number of carbonyl (C=O) groups is 1. The number of aliphatic hydroxyl groups is 6. The van der Waals surface area contributed by atoms with Gasteiger partial charge in [0.2, 0.25) is 0 Å². The number of amides is 1. The maximum absolute atomic E-state index is 12.7. The van der Waals surface area contributed by atoms with Gasteiger partial charge in [-0.25, -0.2) is 0 Å². The quantitative estimate of drug-likeness (QED) is 0.0592. The summed E-state index contributed by atoms with van der Waals surface area (Å²) in [5, 5.41) is 64.6. The topological polar surface area (TPSA) is 160 Å². The molecular formula is C51H51NO8. The molecule has 1 heterocycles. The van der Waals surface area contributed by atoms with Gasteiger partial charge in [-0.1, -0.05) is 102 Å². The second-order valence-electron chi connectivity index (χ2n) is 13.0. The highest BCUT2D eigenvalue weighted by molar-refractivity contribution is 5.94. The van der Waals surface area contributed by atoms with Crippen molar-refractivity contribution in [3.63, 3.8) is 0 Å². The third kappa shape index (κ3) is 25.8. The van der Waals surface area contributed by atoms with Crippen LogP contribution < -0.4 is 5.32 Å². The van der Waals surface area contributed by atoms with Crippen LogP contribution in [-0.2, 0) is 9.53 Å². The number of ether oxygens (including phenoxy) is 1. The Morgan fingerprint density at radius 3 is 1.40 bits per heavy atom. The van der Waals surface area contributed by atoms with Gasteiger partial charge in [-0.3, -0.25) is 4.79 Å². The first-order valence-corrected chi connectivity index (χ1v) is 19.8. The van der Waals surface area contributed by atoms with Crippen molar-refractivity contribution >= 4 is 5.91 Å². The van der Waals surface area contributed by atoms with Gasteiger partial charge in [-0.05, 0) is 108 Å². The normalized spacial score (nSPS) is 17.9.